The molecule has 2 N–H and O–H groups in total. The zero-order chi connectivity index (χ0) is 20.0. The van der Waals surface area contributed by atoms with Gasteiger partial charge in [-0.25, -0.2) is 0 Å². The molecule has 0 aliphatic heterocycles. The predicted molar refractivity (Wildman–Crippen MR) is 104 cm³/mol. The van der Waals surface area contributed by atoms with Gasteiger partial charge in [0.25, 0.3) is 11.8 Å². The Morgan fingerprint density at radius 1 is 1.00 bits per heavy atom. The van der Waals surface area contributed by atoms with Crippen LogP contribution in [-0.2, 0) is 14.3 Å². The van der Waals surface area contributed by atoms with Crippen molar-refractivity contribution in [2.45, 2.75) is 33.8 Å². The van der Waals surface area contributed by atoms with E-state index in [0.717, 1.165) is 16.7 Å². The van der Waals surface area contributed by atoms with Crippen LogP contribution in [0.1, 0.15) is 34.0 Å². The Morgan fingerprint density at radius 3 is 2.41 bits per heavy atom. The number of ether oxygens (including phenoxy) is 1. The van der Waals surface area contributed by atoms with Crippen LogP contribution in [0, 0.1) is 20.8 Å². The number of hydrogen-bond donors (Lipinski definition) is 2. The van der Waals surface area contributed by atoms with Crippen LogP contribution >= 0.6 is 0 Å². The Balaban J connectivity index is 1.82. The topological polar surface area (TPSA) is 84.5 Å². The Bertz CT molecular complexity index is 861. The smallest absolute Gasteiger partial charge is 0.326 e. The number of rotatable bonds is 6. The van der Waals surface area contributed by atoms with Crippen LogP contribution in [0.3, 0.4) is 0 Å². The number of benzene rings is 2. The second kappa shape index (κ2) is 8.98. The van der Waals surface area contributed by atoms with Gasteiger partial charge >= 0.3 is 5.97 Å². The second-order valence-corrected chi connectivity index (χ2v) is 6.47. The summed E-state index contributed by atoms with van der Waals surface area (Å²) in [6.07, 6.45) is -0.975. The third kappa shape index (κ3) is 5.95. The molecule has 0 heterocycles. The van der Waals surface area contributed by atoms with Crippen molar-refractivity contribution in [2.75, 3.05) is 11.9 Å². The molecule has 0 bridgehead atoms. The van der Waals surface area contributed by atoms with E-state index >= 15 is 0 Å². The van der Waals surface area contributed by atoms with Gasteiger partial charge in [-0.2, -0.15) is 0 Å². The maximum atomic E-state index is 12.1. The minimum Gasteiger partial charge on any atom is -0.451 e. The van der Waals surface area contributed by atoms with E-state index in [0.29, 0.717) is 11.3 Å². The van der Waals surface area contributed by atoms with E-state index in [1.807, 2.05) is 45.0 Å². The fourth-order valence-corrected chi connectivity index (χ4v) is 2.40. The molecule has 0 fully saturated rings. The molecule has 0 aromatic heterocycles. The first kappa shape index (κ1) is 20.2. The first-order valence-electron chi connectivity index (χ1n) is 8.68. The molecule has 27 heavy (non-hydrogen) atoms. The molecule has 0 saturated carbocycles. The molecule has 142 valence electrons. The highest BCUT2D eigenvalue weighted by atomic mass is 16.5. The number of hydrogen-bond acceptors (Lipinski definition) is 4. The van der Waals surface area contributed by atoms with Crippen LogP contribution in [0.25, 0.3) is 0 Å². The highest BCUT2D eigenvalue weighted by Gasteiger charge is 2.18. The molecule has 2 rings (SSSR count). The molecular weight excluding hydrogens is 344 g/mol. The number of amides is 2. The van der Waals surface area contributed by atoms with Crippen molar-refractivity contribution in [2.24, 2.45) is 0 Å². The Hall–Kier alpha value is -3.15. The summed E-state index contributed by atoms with van der Waals surface area (Å²) in [7, 11) is 0. The van der Waals surface area contributed by atoms with Crippen molar-refractivity contribution in [3.05, 3.63) is 64.7 Å². The summed E-state index contributed by atoms with van der Waals surface area (Å²) in [6, 6.07) is 12.6. The quantitative estimate of drug-likeness (QED) is 0.768. The van der Waals surface area contributed by atoms with Crippen LogP contribution in [0.2, 0.25) is 0 Å². The van der Waals surface area contributed by atoms with Gasteiger partial charge in [-0.15, -0.1) is 0 Å². The summed E-state index contributed by atoms with van der Waals surface area (Å²) in [5.74, 6) is -1.49. The third-order valence-corrected chi connectivity index (χ3v) is 4.13. The highest BCUT2D eigenvalue weighted by molar-refractivity contribution is 5.97. The van der Waals surface area contributed by atoms with Gasteiger partial charge in [0.2, 0.25) is 0 Å². The van der Waals surface area contributed by atoms with Crippen LogP contribution in [0.4, 0.5) is 5.69 Å². The number of carbonyl (C=O) groups is 3. The van der Waals surface area contributed by atoms with E-state index in [1.54, 1.807) is 18.2 Å². The normalized spacial score (nSPS) is 11.4. The van der Waals surface area contributed by atoms with E-state index in [-0.39, 0.29) is 12.5 Å². The van der Waals surface area contributed by atoms with Crippen LogP contribution < -0.4 is 10.6 Å². The minimum atomic E-state index is -0.975. The summed E-state index contributed by atoms with van der Waals surface area (Å²) in [5.41, 5.74) is 4.18. The monoisotopic (exact) mass is 368 g/mol. The molecule has 0 radical (unpaired) electrons. The molecule has 0 aliphatic rings. The summed E-state index contributed by atoms with van der Waals surface area (Å²) < 4.78 is 5.08. The standard InChI is InChI=1S/C21H24N2O4/c1-13-6-5-7-18(10-13)23-20(25)16(4)27-19(24)12-22-21(26)17-9-8-14(2)15(3)11-17/h5-11,16H,12H2,1-4H3,(H,22,26)(H,23,25)/t16-/m1/s1. The largest absolute Gasteiger partial charge is 0.451 e. The van der Waals surface area contributed by atoms with Crippen molar-refractivity contribution in [3.8, 4) is 0 Å². The summed E-state index contributed by atoms with van der Waals surface area (Å²) >= 11 is 0. The lowest BCUT2D eigenvalue weighted by Gasteiger charge is -2.14. The maximum absolute atomic E-state index is 12.1. The number of nitrogens with one attached hydrogen (secondary N) is 2. The molecule has 2 amide bonds. The average molecular weight is 368 g/mol. The van der Waals surface area contributed by atoms with Gasteiger partial charge in [-0.3, -0.25) is 14.4 Å². The highest BCUT2D eigenvalue weighted by Crippen LogP contribution is 2.11. The maximum Gasteiger partial charge on any atom is 0.326 e. The van der Waals surface area contributed by atoms with Gasteiger partial charge < -0.3 is 15.4 Å². The van der Waals surface area contributed by atoms with E-state index in [1.165, 1.54) is 6.92 Å². The lowest BCUT2D eigenvalue weighted by Crippen LogP contribution is -2.35. The number of esters is 1. The molecule has 0 spiro atoms. The third-order valence-electron chi connectivity index (χ3n) is 4.13. The lowest BCUT2D eigenvalue weighted by atomic mass is 10.1. The van der Waals surface area contributed by atoms with Crippen molar-refractivity contribution in [1.29, 1.82) is 0 Å². The van der Waals surface area contributed by atoms with Gasteiger partial charge in [0, 0.05) is 11.3 Å². The van der Waals surface area contributed by atoms with Crippen molar-refractivity contribution in [3.63, 3.8) is 0 Å². The van der Waals surface area contributed by atoms with Gasteiger partial charge in [-0.05, 0) is 68.7 Å². The molecule has 0 aliphatic carbocycles. The SMILES string of the molecule is Cc1cccc(NC(=O)[C@@H](C)OC(=O)CNC(=O)c2ccc(C)c(C)c2)c1. The van der Waals surface area contributed by atoms with Crippen LogP contribution in [0.5, 0.6) is 0 Å². The van der Waals surface area contributed by atoms with Gasteiger partial charge in [0.15, 0.2) is 6.10 Å². The molecule has 0 unspecified atom stereocenters. The molecule has 1 atom stereocenters. The van der Waals surface area contributed by atoms with E-state index in [2.05, 4.69) is 10.6 Å². The minimum absolute atomic E-state index is 0.312. The Kier molecular flexibility index (Phi) is 6.71. The lowest BCUT2D eigenvalue weighted by molar-refractivity contribution is -0.152. The summed E-state index contributed by atoms with van der Waals surface area (Å²) in [5, 5.41) is 5.19. The van der Waals surface area contributed by atoms with Crippen molar-refractivity contribution in [1.82, 2.24) is 5.32 Å². The van der Waals surface area contributed by atoms with Crippen LogP contribution in [-0.4, -0.2) is 30.4 Å². The summed E-state index contributed by atoms with van der Waals surface area (Å²) in [6.45, 7) is 6.95. The number of carbonyl (C=O) groups excluding carboxylic acids is 3. The molecular formula is C21H24N2O4. The predicted octanol–water partition coefficient (Wildman–Crippen LogP) is 2.91. The molecule has 6 heteroatoms. The number of anilines is 1. The molecule has 6 nitrogen and oxygen atoms in total. The Morgan fingerprint density at radius 2 is 1.74 bits per heavy atom. The first-order chi connectivity index (χ1) is 12.8. The van der Waals surface area contributed by atoms with Gasteiger partial charge in [-0.1, -0.05) is 18.2 Å². The fourth-order valence-electron chi connectivity index (χ4n) is 2.40. The average Bonchev–Trinajstić information content (AvgIpc) is 2.62. The zero-order valence-corrected chi connectivity index (χ0v) is 16.0. The van der Waals surface area contributed by atoms with Crippen molar-refractivity contribution >= 4 is 23.5 Å². The van der Waals surface area contributed by atoms with E-state index < -0.39 is 18.0 Å². The van der Waals surface area contributed by atoms with E-state index in [9.17, 15) is 14.4 Å². The number of aryl methyl sites for hydroxylation is 3. The van der Waals surface area contributed by atoms with Gasteiger partial charge in [0.1, 0.15) is 6.54 Å². The summed E-state index contributed by atoms with van der Waals surface area (Å²) in [4.78, 5) is 36.1. The Labute approximate surface area is 158 Å². The fraction of sp³-hybridized carbons (Fsp3) is 0.286. The van der Waals surface area contributed by atoms with Gasteiger partial charge in [0.05, 0.1) is 0 Å². The second-order valence-electron chi connectivity index (χ2n) is 6.47. The van der Waals surface area contributed by atoms with Crippen LogP contribution in [0.15, 0.2) is 42.5 Å². The first-order valence-corrected chi connectivity index (χ1v) is 8.68. The van der Waals surface area contributed by atoms with E-state index in [4.69, 9.17) is 4.74 Å². The zero-order valence-electron chi connectivity index (χ0n) is 16.0. The van der Waals surface area contributed by atoms with Crippen molar-refractivity contribution < 1.29 is 19.1 Å². The molecule has 2 aromatic carbocycles. The molecule has 0 saturated heterocycles. The molecule has 2 aromatic rings.